The summed E-state index contributed by atoms with van der Waals surface area (Å²) < 4.78 is 5.28. The summed E-state index contributed by atoms with van der Waals surface area (Å²) in [7, 11) is 3.85. The monoisotopic (exact) mass is 244 g/mol. The van der Waals surface area contributed by atoms with E-state index in [0.717, 1.165) is 45.3 Å². The molecule has 0 heterocycles. The molecule has 102 valence electrons. The fraction of sp³-hybridized carbons (Fsp3) is 1.00. The Kier molecular flexibility index (Phi) is 7.04. The molecule has 0 aliphatic heterocycles. The Balaban J connectivity index is 2.51. The third-order valence-corrected chi connectivity index (χ3v) is 3.89. The Hall–Kier alpha value is -0.160. The quantitative estimate of drug-likeness (QED) is 0.701. The number of aliphatic hydroxyl groups excluding tert-OH is 1. The Labute approximate surface area is 105 Å². The van der Waals surface area contributed by atoms with E-state index < -0.39 is 0 Å². The van der Waals surface area contributed by atoms with E-state index in [4.69, 9.17) is 10.5 Å². The first-order valence-corrected chi connectivity index (χ1v) is 6.79. The molecule has 0 saturated heterocycles. The Morgan fingerprint density at radius 2 is 2.12 bits per heavy atom. The van der Waals surface area contributed by atoms with E-state index in [1.807, 2.05) is 0 Å². The van der Waals surface area contributed by atoms with Crippen LogP contribution in [-0.4, -0.2) is 55.5 Å². The minimum absolute atomic E-state index is 0.175. The van der Waals surface area contributed by atoms with Gasteiger partial charge < -0.3 is 15.6 Å². The van der Waals surface area contributed by atoms with Gasteiger partial charge in [-0.25, -0.2) is 0 Å². The van der Waals surface area contributed by atoms with Gasteiger partial charge in [-0.1, -0.05) is 12.8 Å². The van der Waals surface area contributed by atoms with Crippen molar-refractivity contribution in [2.24, 2.45) is 5.73 Å². The molecule has 1 fully saturated rings. The van der Waals surface area contributed by atoms with Gasteiger partial charge in [0.1, 0.15) is 0 Å². The van der Waals surface area contributed by atoms with Gasteiger partial charge in [0.15, 0.2) is 0 Å². The van der Waals surface area contributed by atoms with Crippen molar-refractivity contribution in [1.82, 2.24) is 4.90 Å². The predicted molar refractivity (Wildman–Crippen MR) is 70.0 cm³/mol. The van der Waals surface area contributed by atoms with Crippen molar-refractivity contribution in [3.05, 3.63) is 0 Å². The third-order valence-electron chi connectivity index (χ3n) is 3.89. The molecule has 17 heavy (non-hydrogen) atoms. The second kappa shape index (κ2) is 8.03. The van der Waals surface area contributed by atoms with Gasteiger partial charge in [0.25, 0.3) is 0 Å². The number of hydrogen-bond acceptors (Lipinski definition) is 4. The van der Waals surface area contributed by atoms with Gasteiger partial charge in [-0.05, 0) is 39.3 Å². The lowest BCUT2D eigenvalue weighted by molar-refractivity contribution is -0.00811. The highest BCUT2D eigenvalue weighted by molar-refractivity contribution is 4.85. The van der Waals surface area contributed by atoms with E-state index in [9.17, 15) is 5.11 Å². The maximum atomic E-state index is 10.1. The summed E-state index contributed by atoms with van der Waals surface area (Å²) in [6, 6.07) is 0.669. The molecular formula is C13H28N2O2. The molecule has 4 heteroatoms. The van der Waals surface area contributed by atoms with E-state index in [-0.39, 0.29) is 6.10 Å². The predicted octanol–water partition coefficient (Wildman–Crippen LogP) is 0.976. The molecule has 0 amide bonds. The van der Waals surface area contributed by atoms with Crippen LogP contribution in [0.2, 0.25) is 0 Å². The van der Waals surface area contributed by atoms with Crippen molar-refractivity contribution < 1.29 is 9.84 Å². The number of ether oxygens (including phenoxy) is 1. The molecule has 0 aromatic heterocycles. The molecule has 3 atom stereocenters. The summed E-state index contributed by atoms with van der Waals surface area (Å²) in [6.45, 7) is 1.45. The Bertz CT molecular complexity index is 202. The lowest BCUT2D eigenvalue weighted by atomic mass is 9.90. The zero-order chi connectivity index (χ0) is 12.7. The number of nitrogens with zero attached hydrogens (tertiary/aromatic N) is 1. The molecule has 1 rings (SSSR count). The largest absolute Gasteiger partial charge is 0.391 e. The molecular weight excluding hydrogens is 216 g/mol. The van der Waals surface area contributed by atoms with Crippen molar-refractivity contribution in [3.63, 3.8) is 0 Å². The van der Waals surface area contributed by atoms with Gasteiger partial charge in [-0.3, -0.25) is 4.90 Å². The fourth-order valence-corrected chi connectivity index (χ4v) is 2.79. The second-order valence-corrected chi connectivity index (χ2v) is 5.12. The van der Waals surface area contributed by atoms with Crippen LogP contribution < -0.4 is 5.73 Å². The van der Waals surface area contributed by atoms with Crippen LogP contribution in [-0.2, 0) is 4.74 Å². The molecule has 0 spiro atoms. The SMILES string of the molecule is COCC(CCCN)N(C)C1CCCCC1O. The molecule has 3 N–H and O–H groups in total. The van der Waals surface area contributed by atoms with Gasteiger partial charge in [-0.15, -0.1) is 0 Å². The average molecular weight is 244 g/mol. The van der Waals surface area contributed by atoms with Crippen molar-refractivity contribution in [2.75, 3.05) is 27.3 Å². The van der Waals surface area contributed by atoms with E-state index in [1.54, 1.807) is 7.11 Å². The summed E-state index contributed by atoms with van der Waals surface area (Å²) >= 11 is 0. The maximum absolute atomic E-state index is 10.1. The zero-order valence-corrected chi connectivity index (χ0v) is 11.3. The molecule has 0 aromatic rings. The van der Waals surface area contributed by atoms with Crippen LogP contribution in [0, 0.1) is 0 Å². The van der Waals surface area contributed by atoms with E-state index in [1.165, 1.54) is 6.42 Å². The molecule has 4 nitrogen and oxygen atoms in total. The third kappa shape index (κ3) is 4.54. The molecule has 0 aromatic carbocycles. The second-order valence-electron chi connectivity index (χ2n) is 5.12. The molecule has 1 saturated carbocycles. The number of methoxy groups -OCH3 is 1. The van der Waals surface area contributed by atoms with Gasteiger partial charge in [0, 0.05) is 19.2 Å². The molecule has 0 radical (unpaired) electrons. The maximum Gasteiger partial charge on any atom is 0.0695 e. The summed E-state index contributed by atoms with van der Waals surface area (Å²) in [4.78, 5) is 2.31. The van der Waals surface area contributed by atoms with E-state index >= 15 is 0 Å². The smallest absolute Gasteiger partial charge is 0.0695 e. The van der Waals surface area contributed by atoms with Crippen LogP contribution in [0.25, 0.3) is 0 Å². The average Bonchev–Trinajstić information content (AvgIpc) is 2.34. The molecule has 0 bridgehead atoms. The topological polar surface area (TPSA) is 58.7 Å². The summed E-state index contributed by atoms with van der Waals surface area (Å²) in [5.41, 5.74) is 5.57. The van der Waals surface area contributed by atoms with Gasteiger partial charge in [0.2, 0.25) is 0 Å². The number of likely N-dealkylation sites (N-methyl/N-ethyl adjacent to an activating group) is 1. The number of hydrogen-bond donors (Lipinski definition) is 2. The lowest BCUT2D eigenvalue weighted by Crippen LogP contribution is -2.49. The van der Waals surface area contributed by atoms with Crippen LogP contribution in [0.15, 0.2) is 0 Å². The summed E-state index contributed by atoms with van der Waals surface area (Å²) in [5, 5.41) is 10.1. The number of nitrogens with two attached hydrogens (primary N) is 1. The van der Waals surface area contributed by atoms with Crippen molar-refractivity contribution in [2.45, 2.75) is 56.7 Å². The summed E-state index contributed by atoms with van der Waals surface area (Å²) in [5.74, 6) is 0. The van der Waals surface area contributed by atoms with Crippen molar-refractivity contribution in [3.8, 4) is 0 Å². The highest BCUT2D eigenvalue weighted by atomic mass is 16.5. The van der Waals surface area contributed by atoms with E-state index in [2.05, 4.69) is 11.9 Å². The van der Waals surface area contributed by atoms with Crippen LogP contribution in [0.5, 0.6) is 0 Å². The minimum Gasteiger partial charge on any atom is -0.391 e. The van der Waals surface area contributed by atoms with Crippen molar-refractivity contribution >= 4 is 0 Å². The standard InChI is InChI=1S/C13H28N2O2/c1-15(11(10-17-2)6-5-9-14)12-7-3-4-8-13(12)16/h11-13,16H,3-10,14H2,1-2H3. The van der Waals surface area contributed by atoms with Crippen molar-refractivity contribution in [1.29, 1.82) is 0 Å². The first-order chi connectivity index (χ1) is 8.20. The first-order valence-electron chi connectivity index (χ1n) is 6.79. The number of aliphatic hydroxyl groups is 1. The highest BCUT2D eigenvalue weighted by Crippen LogP contribution is 2.24. The molecule has 3 unspecified atom stereocenters. The van der Waals surface area contributed by atoms with Gasteiger partial charge in [-0.2, -0.15) is 0 Å². The van der Waals surface area contributed by atoms with Gasteiger partial charge in [0.05, 0.1) is 12.7 Å². The fourth-order valence-electron chi connectivity index (χ4n) is 2.79. The Morgan fingerprint density at radius 1 is 1.41 bits per heavy atom. The number of rotatable bonds is 7. The minimum atomic E-state index is -0.175. The van der Waals surface area contributed by atoms with Crippen LogP contribution >= 0.6 is 0 Å². The van der Waals surface area contributed by atoms with Gasteiger partial charge >= 0.3 is 0 Å². The van der Waals surface area contributed by atoms with E-state index in [0.29, 0.717) is 12.1 Å². The highest BCUT2D eigenvalue weighted by Gasteiger charge is 2.30. The lowest BCUT2D eigenvalue weighted by Gasteiger charge is -2.39. The van der Waals surface area contributed by atoms with Crippen LogP contribution in [0.4, 0.5) is 0 Å². The first kappa shape index (κ1) is 14.9. The van der Waals surface area contributed by atoms with Crippen LogP contribution in [0.1, 0.15) is 38.5 Å². The molecule has 1 aliphatic rings. The zero-order valence-electron chi connectivity index (χ0n) is 11.3. The summed E-state index contributed by atoms with van der Waals surface area (Å²) in [6.07, 6.45) is 6.30. The molecule has 1 aliphatic carbocycles. The normalized spacial score (nSPS) is 27.4. The van der Waals surface area contributed by atoms with Crippen LogP contribution in [0.3, 0.4) is 0 Å². The Morgan fingerprint density at radius 3 is 2.71 bits per heavy atom.